The number of benzene rings is 1. The normalized spacial score (nSPS) is 10.3. The summed E-state index contributed by atoms with van der Waals surface area (Å²) in [6.07, 6.45) is 0.251. The van der Waals surface area contributed by atoms with Crippen LogP contribution in [-0.4, -0.2) is 39.1 Å². The summed E-state index contributed by atoms with van der Waals surface area (Å²) in [6, 6.07) is 5.24. The second kappa shape index (κ2) is 9.02. The van der Waals surface area contributed by atoms with Crippen LogP contribution in [0.2, 0.25) is 0 Å². The third kappa shape index (κ3) is 5.81. The lowest BCUT2D eigenvalue weighted by Gasteiger charge is -2.22. The van der Waals surface area contributed by atoms with Crippen LogP contribution in [0.15, 0.2) is 18.2 Å². The number of nitrogens with one attached hydrogen (secondary N) is 1. The second-order valence-corrected chi connectivity index (χ2v) is 5.66. The van der Waals surface area contributed by atoms with E-state index in [-0.39, 0.29) is 18.2 Å². The highest BCUT2D eigenvalue weighted by Gasteiger charge is 2.16. The van der Waals surface area contributed by atoms with Crippen LogP contribution in [0.25, 0.3) is 0 Å². The number of hydrogen-bond acceptors (Lipinski definition) is 4. The minimum absolute atomic E-state index is 0.0644. The Morgan fingerprint density at radius 2 is 1.83 bits per heavy atom. The van der Waals surface area contributed by atoms with Crippen molar-refractivity contribution in [3.63, 3.8) is 0 Å². The van der Waals surface area contributed by atoms with Crippen LogP contribution >= 0.6 is 0 Å². The van der Waals surface area contributed by atoms with Crippen molar-refractivity contribution < 1.29 is 19.1 Å². The van der Waals surface area contributed by atoms with Gasteiger partial charge in [-0.05, 0) is 18.1 Å². The van der Waals surface area contributed by atoms with E-state index < -0.39 is 0 Å². The average Bonchev–Trinajstić information content (AvgIpc) is 2.52. The fourth-order valence-corrected chi connectivity index (χ4v) is 2.08. The van der Waals surface area contributed by atoms with E-state index in [2.05, 4.69) is 5.32 Å². The van der Waals surface area contributed by atoms with E-state index in [9.17, 15) is 9.59 Å². The van der Waals surface area contributed by atoms with Gasteiger partial charge in [-0.15, -0.1) is 0 Å². The molecule has 6 nitrogen and oxygen atoms in total. The number of anilines is 1. The minimum atomic E-state index is -0.131. The molecule has 1 aromatic carbocycles. The van der Waals surface area contributed by atoms with Crippen molar-refractivity contribution >= 4 is 17.5 Å². The zero-order valence-electron chi connectivity index (χ0n) is 14.5. The van der Waals surface area contributed by atoms with Crippen LogP contribution in [0.5, 0.6) is 11.5 Å². The number of rotatable bonds is 8. The maximum Gasteiger partial charge on any atom is 0.223 e. The smallest absolute Gasteiger partial charge is 0.223 e. The number of amides is 2. The van der Waals surface area contributed by atoms with Gasteiger partial charge in [-0.1, -0.05) is 13.8 Å². The molecular weight excluding hydrogens is 296 g/mol. The monoisotopic (exact) mass is 322 g/mol. The number of nitrogens with zero attached hydrogens (tertiary/aromatic N) is 1. The minimum Gasteiger partial charge on any atom is -0.493 e. The molecule has 6 heteroatoms. The predicted molar refractivity (Wildman–Crippen MR) is 90.0 cm³/mol. The molecule has 0 atom stereocenters. The average molecular weight is 322 g/mol. The van der Waals surface area contributed by atoms with Gasteiger partial charge >= 0.3 is 0 Å². The van der Waals surface area contributed by atoms with Crippen molar-refractivity contribution in [3.8, 4) is 11.5 Å². The van der Waals surface area contributed by atoms with Crippen molar-refractivity contribution in [3.05, 3.63) is 18.2 Å². The highest BCUT2D eigenvalue weighted by molar-refractivity contribution is 5.92. The second-order valence-electron chi connectivity index (χ2n) is 5.66. The van der Waals surface area contributed by atoms with Crippen LogP contribution in [-0.2, 0) is 9.59 Å². The molecule has 1 aromatic rings. The Bertz CT molecular complexity index is 543. The third-order valence-electron chi connectivity index (χ3n) is 3.33. The summed E-state index contributed by atoms with van der Waals surface area (Å²) in [5, 5.41) is 2.85. The Morgan fingerprint density at radius 1 is 1.17 bits per heavy atom. The number of carbonyl (C=O) groups is 2. The topological polar surface area (TPSA) is 67.9 Å². The summed E-state index contributed by atoms with van der Waals surface area (Å²) in [7, 11) is 3.10. The van der Waals surface area contributed by atoms with Crippen molar-refractivity contribution in [2.24, 2.45) is 5.92 Å². The molecular formula is C17H26N2O4. The zero-order valence-corrected chi connectivity index (χ0v) is 14.5. The van der Waals surface area contributed by atoms with Gasteiger partial charge in [0.25, 0.3) is 0 Å². The first-order valence-corrected chi connectivity index (χ1v) is 7.65. The van der Waals surface area contributed by atoms with Crippen LogP contribution < -0.4 is 19.7 Å². The van der Waals surface area contributed by atoms with Gasteiger partial charge in [0.1, 0.15) is 0 Å². The SMILES string of the molecule is COc1ccc(N(CCC(=O)NCC(C)C)C(C)=O)cc1OC. The molecule has 1 N–H and O–H groups in total. The molecule has 0 aliphatic carbocycles. The lowest BCUT2D eigenvalue weighted by Crippen LogP contribution is -2.34. The van der Waals surface area contributed by atoms with Crippen LogP contribution in [0.4, 0.5) is 5.69 Å². The summed E-state index contributed by atoms with van der Waals surface area (Å²) < 4.78 is 10.4. The highest BCUT2D eigenvalue weighted by Crippen LogP contribution is 2.31. The Morgan fingerprint density at radius 3 is 2.35 bits per heavy atom. The number of ether oxygens (including phenoxy) is 2. The van der Waals surface area contributed by atoms with Crippen molar-refractivity contribution in [1.82, 2.24) is 5.32 Å². The van der Waals surface area contributed by atoms with Gasteiger partial charge in [-0.25, -0.2) is 0 Å². The van der Waals surface area contributed by atoms with Crippen LogP contribution in [0.1, 0.15) is 27.2 Å². The van der Waals surface area contributed by atoms with E-state index in [1.807, 2.05) is 13.8 Å². The van der Waals surface area contributed by atoms with Gasteiger partial charge in [0.15, 0.2) is 11.5 Å². The lowest BCUT2D eigenvalue weighted by molar-refractivity contribution is -0.121. The molecule has 0 bridgehead atoms. The summed E-state index contributed by atoms with van der Waals surface area (Å²) in [5.41, 5.74) is 0.673. The van der Waals surface area contributed by atoms with Gasteiger partial charge in [0, 0.05) is 38.2 Å². The fraction of sp³-hybridized carbons (Fsp3) is 0.529. The molecule has 0 spiro atoms. The van der Waals surface area contributed by atoms with Gasteiger partial charge in [-0.2, -0.15) is 0 Å². The van der Waals surface area contributed by atoms with Gasteiger partial charge in [0.2, 0.25) is 11.8 Å². The van der Waals surface area contributed by atoms with E-state index in [1.165, 1.54) is 6.92 Å². The molecule has 1 rings (SSSR count). The molecule has 0 aliphatic heterocycles. The Labute approximate surface area is 137 Å². The molecule has 128 valence electrons. The van der Waals surface area contributed by atoms with E-state index in [0.29, 0.717) is 36.2 Å². The van der Waals surface area contributed by atoms with Crippen molar-refractivity contribution in [1.29, 1.82) is 0 Å². The fourth-order valence-electron chi connectivity index (χ4n) is 2.08. The van der Waals surface area contributed by atoms with E-state index in [1.54, 1.807) is 37.3 Å². The zero-order chi connectivity index (χ0) is 17.4. The molecule has 0 aromatic heterocycles. The molecule has 0 fully saturated rings. The molecule has 0 saturated heterocycles. The van der Waals surface area contributed by atoms with Crippen LogP contribution in [0.3, 0.4) is 0 Å². The van der Waals surface area contributed by atoms with E-state index >= 15 is 0 Å². The molecule has 0 radical (unpaired) electrons. The van der Waals surface area contributed by atoms with Gasteiger partial charge in [0.05, 0.1) is 14.2 Å². The molecule has 2 amide bonds. The quantitative estimate of drug-likeness (QED) is 0.797. The number of hydrogen-bond donors (Lipinski definition) is 1. The summed E-state index contributed by atoms with van der Waals surface area (Å²) in [4.78, 5) is 25.3. The first-order valence-electron chi connectivity index (χ1n) is 7.65. The summed E-state index contributed by atoms with van der Waals surface area (Å²) in [5.74, 6) is 1.34. The molecule has 0 unspecified atom stereocenters. The largest absolute Gasteiger partial charge is 0.493 e. The summed E-state index contributed by atoms with van der Waals surface area (Å²) >= 11 is 0. The molecule has 0 heterocycles. The Balaban J connectivity index is 2.79. The van der Waals surface area contributed by atoms with Crippen molar-refractivity contribution in [2.75, 3.05) is 32.2 Å². The third-order valence-corrected chi connectivity index (χ3v) is 3.33. The maximum absolute atomic E-state index is 11.9. The van der Waals surface area contributed by atoms with E-state index in [4.69, 9.17) is 9.47 Å². The number of carbonyl (C=O) groups excluding carboxylic acids is 2. The Kier molecular flexibility index (Phi) is 7.38. The van der Waals surface area contributed by atoms with Gasteiger partial charge < -0.3 is 19.7 Å². The maximum atomic E-state index is 11.9. The lowest BCUT2D eigenvalue weighted by atomic mass is 10.2. The standard InChI is InChI=1S/C17H26N2O4/c1-12(2)11-18-17(21)8-9-19(13(3)20)14-6-7-15(22-4)16(10-14)23-5/h6-7,10,12H,8-9,11H2,1-5H3,(H,18,21). The number of methoxy groups -OCH3 is 2. The van der Waals surface area contributed by atoms with Crippen molar-refractivity contribution in [2.45, 2.75) is 27.2 Å². The summed E-state index contributed by atoms with van der Waals surface area (Å²) in [6.45, 7) is 6.49. The van der Waals surface area contributed by atoms with Gasteiger partial charge in [-0.3, -0.25) is 9.59 Å². The molecule has 0 aliphatic rings. The first-order chi connectivity index (χ1) is 10.9. The predicted octanol–water partition coefficient (Wildman–Crippen LogP) is 2.22. The first kappa shape index (κ1) is 18.8. The van der Waals surface area contributed by atoms with E-state index in [0.717, 1.165) is 0 Å². The molecule has 0 saturated carbocycles. The van der Waals surface area contributed by atoms with Crippen LogP contribution in [0, 0.1) is 5.92 Å². The molecule has 23 heavy (non-hydrogen) atoms. The Hall–Kier alpha value is -2.24. The highest BCUT2D eigenvalue weighted by atomic mass is 16.5.